The van der Waals surface area contributed by atoms with Gasteiger partial charge in [-0.2, -0.15) is 5.26 Å². The summed E-state index contributed by atoms with van der Waals surface area (Å²) in [7, 11) is 2.83. The topological polar surface area (TPSA) is 53.3 Å². The highest BCUT2D eigenvalue weighted by Crippen LogP contribution is 1.86. The van der Waals surface area contributed by atoms with Gasteiger partial charge in [0.1, 0.15) is 6.42 Å². The Bertz CT molecular complexity index is 138. The Hall–Kier alpha value is -1.08. The maximum Gasteiger partial charge on any atom is 0.260 e. The maximum absolute atomic E-state index is 10.6. The first-order valence-corrected chi connectivity index (χ1v) is 2.40. The molecular formula is C5H8N2O2. The Morgan fingerprint density at radius 1 is 1.89 bits per heavy atom. The van der Waals surface area contributed by atoms with Gasteiger partial charge in [-0.25, -0.2) is 5.06 Å². The van der Waals surface area contributed by atoms with Gasteiger partial charge in [-0.15, -0.1) is 0 Å². The van der Waals surface area contributed by atoms with Crippen LogP contribution in [0.15, 0.2) is 0 Å². The largest absolute Gasteiger partial charge is 0.275 e. The monoisotopic (exact) mass is 128 g/mol. The third kappa shape index (κ3) is 2.67. The summed E-state index contributed by atoms with van der Waals surface area (Å²) >= 11 is 0. The zero-order valence-corrected chi connectivity index (χ0v) is 5.42. The van der Waals surface area contributed by atoms with E-state index in [0.717, 1.165) is 5.06 Å². The van der Waals surface area contributed by atoms with Crippen molar-refractivity contribution in [3.63, 3.8) is 0 Å². The van der Waals surface area contributed by atoms with E-state index in [0.29, 0.717) is 0 Å². The Morgan fingerprint density at radius 3 is 2.78 bits per heavy atom. The molecule has 4 heteroatoms. The van der Waals surface area contributed by atoms with Crippen LogP contribution in [-0.4, -0.2) is 25.1 Å². The number of carbonyl (C=O) groups excluding carboxylic acids is 1. The van der Waals surface area contributed by atoms with Crippen LogP contribution in [0.4, 0.5) is 0 Å². The first-order valence-electron chi connectivity index (χ1n) is 2.40. The lowest BCUT2D eigenvalue weighted by atomic mass is 10.4. The van der Waals surface area contributed by atoms with Crippen molar-refractivity contribution >= 4 is 5.91 Å². The zero-order chi connectivity index (χ0) is 7.28. The van der Waals surface area contributed by atoms with E-state index < -0.39 is 0 Å². The highest BCUT2D eigenvalue weighted by atomic mass is 16.7. The quantitative estimate of drug-likeness (QED) is 0.489. The van der Waals surface area contributed by atoms with Gasteiger partial charge in [-0.05, 0) is 0 Å². The van der Waals surface area contributed by atoms with Crippen LogP contribution in [0.3, 0.4) is 0 Å². The number of carbonyl (C=O) groups is 1. The first-order chi connectivity index (χ1) is 4.22. The third-order valence-electron chi connectivity index (χ3n) is 0.855. The summed E-state index contributed by atoms with van der Waals surface area (Å²) in [4.78, 5) is 15.0. The molecule has 0 aromatic rings. The Kier molecular flexibility index (Phi) is 3.40. The van der Waals surface area contributed by atoms with Gasteiger partial charge in [0.15, 0.2) is 0 Å². The van der Waals surface area contributed by atoms with E-state index in [2.05, 4.69) is 4.84 Å². The number of hydrogen-bond acceptors (Lipinski definition) is 3. The van der Waals surface area contributed by atoms with E-state index in [9.17, 15) is 4.79 Å². The van der Waals surface area contributed by atoms with Crippen molar-refractivity contribution in [2.45, 2.75) is 6.42 Å². The molecule has 50 valence electrons. The van der Waals surface area contributed by atoms with Gasteiger partial charge in [0.25, 0.3) is 5.91 Å². The standard InChI is InChI=1S/C5H8N2O2/c1-7(9-2)5(8)3-4-6/h3H2,1-2H3. The van der Waals surface area contributed by atoms with Crippen molar-refractivity contribution in [3.05, 3.63) is 0 Å². The van der Waals surface area contributed by atoms with Crippen LogP contribution in [0.25, 0.3) is 0 Å². The Labute approximate surface area is 53.6 Å². The molecule has 0 bridgehead atoms. The third-order valence-corrected chi connectivity index (χ3v) is 0.855. The van der Waals surface area contributed by atoms with Crippen molar-refractivity contribution in [2.75, 3.05) is 14.2 Å². The van der Waals surface area contributed by atoms with Gasteiger partial charge >= 0.3 is 0 Å². The minimum Gasteiger partial charge on any atom is -0.275 e. The molecule has 1 amide bonds. The Balaban J connectivity index is 3.62. The molecule has 0 heterocycles. The van der Waals surface area contributed by atoms with Gasteiger partial charge in [-0.3, -0.25) is 9.63 Å². The fourth-order valence-electron chi connectivity index (χ4n) is 0.281. The molecular weight excluding hydrogens is 120 g/mol. The second kappa shape index (κ2) is 3.87. The van der Waals surface area contributed by atoms with Crippen molar-refractivity contribution < 1.29 is 9.63 Å². The molecule has 0 aliphatic rings. The van der Waals surface area contributed by atoms with Crippen LogP contribution in [-0.2, 0) is 9.63 Å². The predicted molar refractivity (Wildman–Crippen MR) is 30.0 cm³/mol. The summed E-state index contributed by atoms with van der Waals surface area (Å²) in [5.41, 5.74) is 0. The average Bonchev–Trinajstić information content (AvgIpc) is 1.87. The molecule has 0 atom stereocenters. The molecule has 0 unspecified atom stereocenters. The van der Waals surface area contributed by atoms with E-state index >= 15 is 0 Å². The lowest BCUT2D eigenvalue weighted by Crippen LogP contribution is -2.24. The van der Waals surface area contributed by atoms with E-state index in [-0.39, 0.29) is 12.3 Å². The minimum atomic E-state index is -0.333. The van der Waals surface area contributed by atoms with Gasteiger partial charge in [0, 0.05) is 7.05 Å². The number of amides is 1. The van der Waals surface area contributed by atoms with Gasteiger partial charge in [0.05, 0.1) is 13.2 Å². The molecule has 0 rings (SSSR count). The molecule has 0 spiro atoms. The zero-order valence-electron chi connectivity index (χ0n) is 5.42. The van der Waals surface area contributed by atoms with E-state index in [1.165, 1.54) is 14.2 Å². The highest BCUT2D eigenvalue weighted by Gasteiger charge is 2.04. The molecule has 0 N–H and O–H groups in total. The van der Waals surface area contributed by atoms with E-state index in [4.69, 9.17) is 5.26 Å². The summed E-state index contributed by atoms with van der Waals surface area (Å²) in [5, 5.41) is 9.05. The molecule has 0 aliphatic heterocycles. The smallest absolute Gasteiger partial charge is 0.260 e. The van der Waals surface area contributed by atoms with Gasteiger partial charge < -0.3 is 0 Å². The van der Waals surface area contributed by atoms with E-state index in [1.54, 1.807) is 6.07 Å². The van der Waals surface area contributed by atoms with E-state index in [1.807, 2.05) is 0 Å². The van der Waals surface area contributed by atoms with Gasteiger partial charge in [0.2, 0.25) is 0 Å². The summed E-state index contributed by atoms with van der Waals surface area (Å²) in [6, 6.07) is 1.71. The molecule has 0 saturated carbocycles. The molecule has 0 aromatic heterocycles. The lowest BCUT2D eigenvalue weighted by Gasteiger charge is -2.10. The Morgan fingerprint density at radius 2 is 2.44 bits per heavy atom. The van der Waals surface area contributed by atoms with Crippen molar-refractivity contribution in [1.82, 2.24) is 5.06 Å². The van der Waals surface area contributed by atoms with Crippen LogP contribution in [0.1, 0.15) is 6.42 Å². The predicted octanol–water partition coefficient (Wildman–Crippen LogP) is -0.0801. The fraction of sp³-hybridized carbons (Fsp3) is 0.600. The second-order valence-electron chi connectivity index (χ2n) is 1.41. The fourth-order valence-corrected chi connectivity index (χ4v) is 0.281. The molecule has 0 fully saturated rings. The van der Waals surface area contributed by atoms with Crippen LogP contribution >= 0.6 is 0 Å². The summed E-state index contributed by atoms with van der Waals surface area (Å²) in [6.45, 7) is 0. The van der Waals surface area contributed by atoms with Crippen LogP contribution < -0.4 is 0 Å². The number of hydroxylamine groups is 2. The van der Waals surface area contributed by atoms with Crippen LogP contribution in [0.2, 0.25) is 0 Å². The summed E-state index contributed by atoms with van der Waals surface area (Å²) in [5.74, 6) is -0.333. The minimum absolute atomic E-state index is 0.135. The number of nitriles is 1. The van der Waals surface area contributed by atoms with Gasteiger partial charge in [-0.1, -0.05) is 0 Å². The second-order valence-corrected chi connectivity index (χ2v) is 1.41. The molecule has 4 nitrogen and oxygen atoms in total. The molecule has 9 heavy (non-hydrogen) atoms. The number of nitrogens with zero attached hydrogens (tertiary/aromatic N) is 2. The molecule has 0 aromatic carbocycles. The molecule has 0 aliphatic carbocycles. The van der Waals surface area contributed by atoms with Crippen LogP contribution in [0.5, 0.6) is 0 Å². The normalized spacial score (nSPS) is 8.11. The van der Waals surface area contributed by atoms with Crippen molar-refractivity contribution in [1.29, 1.82) is 5.26 Å². The summed E-state index contributed by atoms with van der Waals surface area (Å²) in [6.07, 6.45) is -0.135. The molecule has 0 saturated heterocycles. The van der Waals surface area contributed by atoms with Crippen molar-refractivity contribution in [2.24, 2.45) is 0 Å². The summed E-state index contributed by atoms with van der Waals surface area (Å²) < 4.78 is 0. The van der Waals surface area contributed by atoms with Crippen molar-refractivity contribution in [3.8, 4) is 6.07 Å². The SMILES string of the molecule is CON(C)C(=O)CC#N. The van der Waals surface area contributed by atoms with Crippen LogP contribution in [0, 0.1) is 11.3 Å². The highest BCUT2D eigenvalue weighted by molar-refractivity contribution is 5.76. The number of hydrogen-bond donors (Lipinski definition) is 0. The number of rotatable bonds is 2. The first kappa shape index (κ1) is 7.92. The maximum atomic E-state index is 10.6. The lowest BCUT2D eigenvalue weighted by molar-refractivity contribution is -0.167. The molecule has 0 radical (unpaired) electrons. The average molecular weight is 128 g/mol.